The van der Waals surface area contributed by atoms with E-state index in [9.17, 15) is 18.0 Å². The molecule has 7 heteroatoms. The van der Waals surface area contributed by atoms with Crippen LogP contribution in [0.3, 0.4) is 0 Å². The predicted molar refractivity (Wildman–Crippen MR) is 75.6 cm³/mol. The molecule has 0 spiro atoms. The summed E-state index contributed by atoms with van der Waals surface area (Å²) >= 11 is 0. The number of para-hydroxylation sites is 2. The molecule has 0 bridgehead atoms. The summed E-state index contributed by atoms with van der Waals surface area (Å²) < 4.78 is 39.9. The number of imidazole rings is 1. The van der Waals surface area contributed by atoms with Crippen LogP contribution in [-0.4, -0.2) is 21.7 Å². The van der Waals surface area contributed by atoms with Crippen molar-refractivity contribution in [2.75, 3.05) is 5.43 Å². The van der Waals surface area contributed by atoms with Crippen LogP contribution in [0.2, 0.25) is 0 Å². The Balaban J connectivity index is 1.71. The second-order valence-electron chi connectivity index (χ2n) is 5.68. The van der Waals surface area contributed by atoms with E-state index in [1.54, 1.807) is 12.1 Å². The van der Waals surface area contributed by atoms with Gasteiger partial charge < -0.3 is 0 Å². The van der Waals surface area contributed by atoms with E-state index in [1.165, 1.54) is 11.0 Å². The van der Waals surface area contributed by atoms with Crippen molar-refractivity contribution in [2.24, 2.45) is 11.8 Å². The van der Waals surface area contributed by atoms with Crippen molar-refractivity contribution >= 4 is 16.9 Å². The zero-order chi connectivity index (χ0) is 15.7. The Morgan fingerprint density at radius 3 is 2.82 bits per heavy atom. The molecule has 118 valence electrons. The second-order valence-corrected chi connectivity index (χ2v) is 5.68. The molecule has 1 N–H and O–H groups in total. The number of halogens is 3. The molecule has 0 aliphatic heterocycles. The van der Waals surface area contributed by atoms with E-state index in [0.29, 0.717) is 12.8 Å². The number of alkyl halides is 3. The van der Waals surface area contributed by atoms with E-state index in [-0.39, 0.29) is 18.7 Å². The lowest BCUT2D eigenvalue weighted by molar-refractivity contribution is -0.185. The molecule has 1 aromatic carbocycles. The molecule has 22 heavy (non-hydrogen) atoms. The van der Waals surface area contributed by atoms with Crippen LogP contribution in [0.15, 0.2) is 30.6 Å². The van der Waals surface area contributed by atoms with E-state index in [2.05, 4.69) is 10.4 Å². The van der Waals surface area contributed by atoms with Crippen LogP contribution in [-0.2, 0) is 4.79 Å². The molecule has 4 nitrogen and oxygen atoms in total. The molecule has 1 fully saturated rings. The number of benzene rings is 1. The quantitative estimate of drug-likeness (QED) is 0.923. The van der Waals surface area contributed by atoms with E-state index < -0.39 is 18.0 Å². The van der Waals surface area contributed by atoms with Gasteiger partial charge >= 0.3 is 6.18 Å². The molecule has 0 radical (unpaired) electrons. The summed E-state index contributed by atoms with van der Waals surface area (Å²) in [4.78, 5) is 16.4. The van der Waals surface area contributed by atoms with Crippen LogP contribution < -0.4 is 5.43 Å². The molecule has 1 aliphatic rings. The lowest BCUT2D eigenvalue weighted by Crippen LogP contribution is -2.36. The average molecular weight is 311 g/mol. The number of hydrogen-bond donors (Lipinski definition) is 1. The largest absolute Gasteiger partial charge is 0.391 e. The zero-order valence-electron chi connectivity index (χ0n) is 11.8. The summed E-state index contributed by atoms with van der Waals surface area (Å²) in [5.74, 6) is -2.37. The fourth-order valence-corrected chi connectivity index (χ4v) is 2.98. The molecular weight excluding hydrogens is 295 g/mol. The van der Waals surface area contributed by atoms with Crippen molar-refractivity contribution in [3.05, 3.63) is 30.6 Å². The van der Waals surface area contributed by atoms with E-state index in [1.807, 2.05) is 12.1 Å². The highest BCUT2D eigenvalue weighted by Gasteiger charge is 2.43. The standard InChI is InChI=1S/C15H16F3N3O/c16-15(17,18)11-5-3-4-10(8-11)14(22)20-21-9-19-12-6-1-2-7-13(12)21/h1-2,6-7,9-11H,3-5,8H2,(H,20,22). The summed E-state index contributed by atoms with van der Waals surface area (Å²) in [6.45, 7) is 0. The Morgan fingerprint density at radius 1 is 1.27 bits per heavy atom. The summed E-state index contributed by atoms with van der Waals surface area (Å²) in [5.41, 5.74) is 4.10. The molecule has 1 saturated carbocycles. The molecule has 1 heterocycles. The Hall–Kier alpha value is -2.05. The number of aromatic nitrogens is 2. The first-order chi connectivity index (χ1) is 10.4. The fourth-order valence-electron chi connectivity index (χ4n) is 2.98. The van der Waals surface area contributed by atoms with Gasteiger partial charge in [-0.25, -0.2) is 9.66 Å². The number of carbonyl (C=O) groups excluding carboxylic acids is 1. The minimum absolute atomic E-state index is 0.112. The van der Waals surface area contributed by atoms with Gasteiger partial charge in [0.05, 0.1) is 17.0 Å². The minimum atomic E-state index is -4.22. The van der Waals surface area contributed by atoms with E-state index >= 15 is 0 Å². The third-order valence-electron chi connectivity index (χ3n) is 4.19. The Morgan fingerprint density at radius 2 is 2.05 bits per heavy atom. The van der Waals surface area contributed by atoms with E-state index in [4.69, 9.17) is 0 Å². The average Bonchev–Trinajstić information content (AvgIpc) is 2.90. The van der Waals surface area contributed by atoms with Crippen LogP contribution in [0.25, 0.3) is 11.0 Å². The van der Waals surface area contributed by atoms with Crippen LogP contribution in [0.4, 0.5) is 13.2 Å². The number of amides is 1. The van der Waals surface area contributed by atoms with Gasteiger partial charge in [-0.15, -0.1) is 0 Å². The van der Waals surface area contributed by atoms with Crippen molar-refractivity contribution < 1.29 is 18.0 Å². The summed E-state index contributed by atoms with van der Waals surface area (Å²) in [6, 6.07) is 7.24. The lowest BCUT2D eigenvalue weighted by Gasteiger charge is -2.29. The molecular formula is C15H16F3N3O. The number of fused-ring (bicyclic) bond motifs is 1. The van der Waals surface area contributed by atoms with Crippen LogP contribution in [0, 0.1) is 11.8 Å². The zero-order valence-corrected chi connectivity index (χ0v) is 11.8. The second kappa shape index (κ2) is 5.62. The number of rotatable bonds is 2. The van der Waals surface area contributed by atoms with Gasteiger partial charge in [-0.2, -0.15) is 13.2 Å². The molecule has 1 amide bonds. The summed E-state index contributed by atoms with van der Waals surface area (Å²) in [6.07, 6.45) is -1.87. The van der Waals surface area contributed by atoms with Crippen LogP contribution in [0.1, 0.15) is 25.7 Å². The molecule has 2 aromatic rings. The number of nitrogens with one attached hydrogen (secondary N) is 1. The molecule has 2 atom stereocenters. The van der Waals surface area contributed by atoms with Crippen molar-refractivity contribution in [1.29, 1.82) is 0 Å². The molecule has 1 aromatic heterocycles. The van der Waals surface area contributed by atoms with Crippen LogP contribution in [0.5, 0.6) is 0 Å². The van der Waals surface area contributed by atoms with Crippen LogP contribution >= 0.6 is 0 Å². The number of hydrogen-bond acceptors (Lipinski definition) is 2. The SMILES string of the molecule is O=C(Nn1cnc2ccccc21)C1CCCC(C(F)(F)F)C1. The topological polar surface area (TPSA) is 46.9 Å². The maximum Gasteiger partial charge on any atom is 0.391 e. The maximum absolute atomic E-state index is 12.8. The summed E-state index contributed by atoms with van der Waals surface area (Å²) in [5, 5.41) is 0. The van der Waals surface area contributed by atoms with Gasteiger partial charge in [0.1, 0.15) is 6.33 Å². The van der Waals surface area contributed by atoms with Crippen molar-refractivity contribution in [3.63, 3.8) is 0 Å². The molecule has 3 rings (SSSR count). The predicted octanol–water partition coefficient (Wildman–Crippen LogP) is 3.48. The molecule has 0 saturated heterocycles. The third kappa shape index (κ3) is 2.93. The number of nitrogens with zero attached hydrogens (tertiary/aromatic N) is 2. The van der Waals surface area contributed by atoms with Gasteiger partial charge in [0, 0.05) is 5.92 Å². The van der Waals surface area contributed by atoms with Crippen molar-refractivity contribution in [2.45, 2.75) is 31.9 Å². The Bertz CT molecular complexity index is 680. The van der Waals surface area contributed by atoms with Crippen molar-refractivity contribution in [3.8, 4) is 0 Å². The van der Waals surface area contributed by atoms with Gasteiger partial charge in [-0.05, 0) is 31.4 Å². The first kappa shape index (κ1) is 14.9. The highest BCUT2D eigenvalue weighted by atomic mass is 19.4. The van der Waals surface area contributed by atoms with Gasteiger partial charge in [0.25, 0.3) is 0 Å². The lowest BCUT2D eigenvalue weighted by atomic mass is 9.80. The minimum Gasteiger partial charge on any atom is -0.273 e. The Kier molecular flexibility index (Phi) is 3.80. The van der Waals surface area contributed by atoms with E-state index in [0.717, 1.165) is 11.0 Å². The summed E-state index contributed by atoms with van der Waals surface area (Å²) in [7, 11) is 0. The highest BCUT2D eigenvalue weighted by molar-refractivity contribution is 5.88. The number of carbonyl (C=O) groups is 1. The van der Waals surface area contributed by atoms with Crippen molar-refractivity contribution in [1.82, 2.24) is 9.66 Å². The maximum atomic E-state index is 12.8. The molecule has 1 aliphatic carbocycles. The highest BCUT2D eigenvalue weighted by Crippen LogP contribution is 2.40. The van der Waals surface area contributed by atoms with Gasteiger partial charge in [-0.1, -0.05) is 18.6 Å². The normalized spacial score (nSPS) is 22.7. The smallest absolute Gasteiger partial charge is 0.273 e. The third-order valence-corrected chi connectivity index (χ3v) is 4.19. The monoisotopic (exact) mass is 311 g/mol. The first-order valence-electron chi connectivity index (χ1n) is 7.25. The first-order valence-corrected chi connectivity index (χ1v) is 7.25. The van der Waals surface area contributed by atoms with Gasteiger partial charge in [0.15, 0.2) is 0 Å². The Labute approximate surface area is 125 Å². The van der Waals surface area contributed by atoms with Gasteiger partial charge in [-0.3, -0.25) is 10.2 Å². The fraction of sp³-hybridized carbons (Fsp3) is 0.467. The molecule has 2 unspecified atom stereocenters. The van der Waals surface area contributed by atoms with Gasteiger partial charge in [0.2, 0.25) is 5.91 Å².